The third-order valence-corrected chi connectivity index (χ3v) is 6.99. The molecule has 1 fully saturated rings. The highest BCUT2D eigenvalue weighted by Gasteiger charge is 2.20. The first-order valence-corrected chi connectivity index (χ1v) is 11.9. The van der Waals surface area contributed by atoms with E-state index in [4.69, 9.17) is 4.74 Å². The summed E-state index contributed by atoms with van der Waals surface area (Å²) in [6, 6.07) is 12.7. The van der Waals surface area contributed by atoms with Gasteiger partial charge in [0.1, 0.15) is 0 Å². The zero-order valence-corrected chi connectivity index (χ0v) is 19.2. The molecule has 1 aromatic heterocycles. The second kappa shape index (κ2) is 9.13. The molecule has 3 aromatic rings. The summed E-state index contributed by atoms with van der Waals surface area (Å²) >= 11 is 0. The van der Waals surface area contributed by atoms with Gasteiger partial charge in [-0.25, -0.2) is 8.42 Å². The van der Waals surface area contributed by atoms with Gasteiger partial charge in [-0.2, -0.15) is 5.10 Å². The highest BCUT2D eigenvalue weighted by molar-refractivity contribution is 7.92. The molecule has 9 heteroatoms. The van der Waals surface area contributed by atoms with Crippen molar-refractivity contribution < 1.29 is 13.2 Å². The molecular formula is C23H27N5O3S. The van der Waals surface area contributed by atoms with Gasteiger partial charge in [-0.1, -0.05) is 17.7 Å². The molecule has 168 valence electrons. The Morgan fingerprint density at radius 1 is 0.938 bits per heavy atom. The van der Waals surface area contributed by atoms with Gasteiger partial charge in [-0.15, -0.1) is 5.10 Å². The van der Waals surface area contributed by atoms with Crippen molar-refractivity contribution in [3.8, 4) is 0 Å². The zero-order valence-electron chi connectivity index (χ0n) is 18.4. The molecule has 0 saturated carbocycles. The molecule has 1 aliphatic rings. The topological polar surface area (TPSA) is 96.5 Å². The highest BCUT2D eigenvalue weighted by atomic mass is 32.2. The average molecular weight is 454 g/mol. The van der Waals surface area contributed by atoms with Crippen molar-refractivity contribution in [3.63, 3.8) is 0 Å². The van der Waals surface area contributed by atoms with Gasteiger partial charge < -0.3 is 15.0 Å². The van der Waals surface area contributed by atoms with Crippen molar-refractivity contribution in [2.75, 3.05) is 41.2 Å². The van der Waals surface area contributed by atoms with Crippen LogP contribution in [0.4, 0.5) is 22.9 Å². The van der Waals surface area contributed by atoms with Crippen LogP contribution < -0.4 is 14.9 Å². The number of aryl methyl sites for hydroxylation is 3. The van der Waals surface area contributed by atoms with Crippen LogP contribution in [0.1, 0.15) is 16.7 Å². The molecule has 0 amide bonds. The Balaban J connectivity index is 1.47. The van der Waals surface area contributed by atoms with Crippen LogP contribution in [0.15, 0.2) is 53.6 Å². The fraction of sp³-hybridized carbons (Fsp3) is 0.304. The first-order valence-electron chi connectivity index (χ1n) is 10.4. The second-order valence-electron chi connectivity index (χ2n) is 7.93. The fourth-order valence-corrected chi connectivity index (χ4v) is 5.49. The van der Waals surface area contributed by atoms with Gasteiger partial charge in [-0.3, -0.25) is 4.72 Å². The molecule has 0 bridgehead atoms. The van der Waals surface area contributed by atoms with Gasteiger partial charge in [0.15, 0.2) is 5.82 Å². The lowest BCUT2D eigenvalue weighted by Gasteiger charge is -2.28. The summed E-state index contributed by atoms with van der Waals surface area (Å²) in [6.07, 6.45) is 1.74. The summed E-state index contributed by atoms with van der Waals surface area (Å²) in [4.78, 5) is 2.52. The minimum Gasteiger partial charge on any atom is -0.378 e. The number of hydrogen-bond acceptors (Lipinski definition) is 7. The Hall–Kier alpha value is -3.17. The van der Waals surface area contributed by atoms with E-state index in [-0.39, 0.29) is 0 Å². The van der Waals surface area contributed by atoms with Crippen LogP contribution in [-0.4, -0.2) is 44.9 Å². The Bertz CT molecular complexity index is 1180. The van der Waals surface area contributed by atoms with Crippen LogP contribution in [0.5, 0.6) is 0 Å². The molecule has 32 heavy (non-hydrogen) atoms. The number of aromatic nitrogens is 2. The SMILES string of the molecule is Cc1cc(C)c(S(=O)(=O)Nc2ccc(Nc3cc(N4CCOCC4)cnn3)cc2)c(C)c1. The van der Waals surface area contributed by atoms with E-state index < -0.39 is 10.0 Å². The van der Waals surface area contributed by atoms with Crippen molar-refractivity contribution in [1.82, 2.24) is 10.2 Å². The van der Waals surface area contributed by atoms with Crippen molar-refractivity contribution in [2.24, 2.45) is 0 Å². The van der Waals surface area contributed by atoms with E-state index in [9.17, 15) is 8.42 Å². The van der Waals surface area contributed by atoms with E-state index in [1.165, 1.54) is 0 Å². The number of sulfonamides is 1. The molecule has 4 rings (SSSR count). The maximum atomic E-state index is 13.0. The Morgan fingerprint density at radius 2 is 1.56 bits per heavy atom. The van der Waals surface area contributed by atoms with Gasteiger partial charge in [0, 0.05) is 30.5 Å². The van der Waals surface area contributed by atoms with Gasteiger partial charge in [0.25, 0.3) is 10.0 Å². The molecule has 0 unspecified atom stereocenters. The van der Waals surface area contributed by atoms with E-state index in [0.29, 0.717) is 29.6 Å². The largest absolute Gasteiger partial charge is 0.378 e. The number of nitrogens with one attached hydrogen (secondary N) is 2. The van der Waals surface area contributed by atoms with E-state index in [2.05, 4.69) is 25.1 Å². The monoisotopic (exact) mass is 453 g/mol. The third-order valence-electron chi connectivity index (χ3n) is 5.30. The number of anilines is 4. The van der Waals surface area contributed by atoms with E-state index >= 15 is 0 Å². The van der Waals surface area contributed by atoms with Gasteiger partial charge >= 0.3 is 0 Å². The lowest BCUT2D eigenvalue weighted by atomic mass is 10.1. The Morgan fingerprint density at radius 3 is 2.22 bits per heavy atom. The van der Waals surface area contributed by atoms with Crippen molar-refractivity contribution >= 4 is 32.9 Å². The van der Waals surface area contributed by atoms with Crippen LogP contribution in [0, 0.1) is 20.8 Å². The van der Waals surface area contributed by atoms with Crippen LogP contribution in [-0.2, 0) is 14.8 Å². The lowest BCUT2D eigenvalue weighted by Crippen LogP contribution is -2.36. The van der Waals surface area contributed by atoms with Gasteiger partial charge in [-0.05, 0) is 56.2 Å². The summed E-state index contributed by atoms with van der Waals surface area (Å²) in [5.74, 6) is 0.619. The molecule has 0 aliphatic carbocycles. The van der Waals surface area contributed by atoms with E-state index in [1.807, 2.05) is 39.0 Å². The van der Waals surface area contributed by atoms with Crippen LogP contribution >= 0.6 is 0 Å². The number of nitrogens with zero attached hydrogens (tertiary/aromatic N) is 3. The molecular weight excluding hydrogens is 426 g/mol. The summed E-state index contributed by atoms with van der Waals surface area (Å²) in [5.41, 5.74) is 4.75. The van der Waals surface area contributed by atoms with Crippen molar-refractivity contribution in [2.45, 2.75) is 25.7 Å². The Kier molecular flexibility index (Phi) is 6.29. The van der Waals surface area contributed by atoms with Crippen LogP contribution in [0.2, 0.25) is 0 Å². The summed E-state index contributed by atoms with van der Waals surface area (Å²) in [7, 11) is -3.69. The summed E-state index contributed by atoms with van der Waals surface area (Å²) in [6.45, 7) is 8.62. The number of rotatable bonds is 6. The average Bonchev–Trinajstić information content (AvgIpc) is 2.75. The predicted molar refractivity (Wildman–Crippen MR) is 126 cm³/mol. The molecule has 2 N–H and O–H groups in total. The zero-order chi connectivity index (χ0) is 22.7. The first kappa shape index (κ1) is 22.0. The maximum Gasteiger partial charge on any atom is 0.262 e. The predicted octanol–water partition coefficient (Wildman–Crippen LogP) is 3.78. The van der Waals surface area contributed by atoms with Gasteiger partial charge in [0.2, 0.25) is 0 Å². The quantitative estimate of drug-likeness (QED) is 0.586. The fourth-order valence-electron chi connectivity index (χ4n) is 3.98. The molecule has 1 aliphatic heterocycles. The highest BCUT2D eigenvalue weighted by Crippen LogP contribution is 2.26. The van der Waals surface area contributed by atoms with Crippen LogP contribution in [0.25, 0.3) is 0 Å². The number of hydrogen-bond donors (Lipinski definition) is 2. The van der Waals surface area contributed by atoms with Crippen molar-refractivity contribution in [1.29, 1.82) is 0 Å². The second-order valence-corrected chi connectivity index (χ2v) is 9.55. The van der Waals surface area contributed by atoms with Gasteiger partial charge in [0.05, 0.1) is 30.0 Å². The maximum absolute atomic E-state index is 13.0. The minimum absolute atomic E-state index is 0.320. The number of benzene rings is 2. The molecule has 8 nitrogen and oxygen atoms in total. The number of ether oxygens (including phenoxy) is 1. The number of morpholine rings is 1. The molecule has 1 saturated heterocycles. The molecule has 0 radical (unpaired) electrons. The summed E-state index contributed by atoms with van der Waals surface area (Å²) in [5, 5.41) is 11.5. The van der Waals surface area contributed by atoms with Crippen LogP contribution in [0.3, 0.4) is 0 Å². The summed E-state index contributed by atoms with van der Waals surface area (Å²) < 4.78 is 34.0. The molecule has 0 spiro atoms. The molecule has 2 aromatic carbocycles. The molecule has 0 atom stereocenters. The Labute approximate surface area is 188 Å². The normalized spacial score (nSPS) is 14.3. The first-order chi connectivity index (χ1) is 15.3. The van der Waals surface area contributed by atoms with E-state index in [1.54, 1.807) is 30.5 Å². The van der Waals surface area contributed by atoms with Crippen molar-refractivity contribution in [3.05, 3.63) is 65.4 Å². The molecule has 2 heterocycles. The minimum atomic E-state index is -3.69. The lowest BCUT2D eigenvalue weighted by molar-refractivity contribution is 0.122. The third kappa shape index (κ3) is 5.00. The smallest absolute Gasteiger partial charge is 0.262 e. The standard InChI is InChI=1S/C23H27N5O3S/c1-16-12-17(2)23(18(3)13-16)32(29,30)27-20-6-4-19(5-7-20)25-22-14-21(15-24-26-22)28-8-10-31-11-9-28/h4-7,12-15,27H,8-11H2,1-3H3,(H,25,26). The van der Waals surface area contributed by atoms with E-state index in [0.717, 1.165) is 41.2 Å².